The summed E-state index contributed by atoms with van der Waals surface area (Å²) in [5.74, 6) is 1.80. The summed E-state index contributed by atoms with van der Waals surface area (Å²) in [4.78, 5) is 4.88. The summed E-state index contributed by atoms with van der Waals surface area (Å²) in [6, 6.07) is 39.7. The van der Waals surface area contributed by atoms with Crippen LogP contribution in [-0.2, 0) is 11.8 Å². The average molecular weight is 611 g/mol. The molecular formula is C44H38N2O. The quantitative estimate of drug-likeness (QED) is 0.201. The number of aryl methyl sites for hydroxylation is 1. The maximum Gasteiger partial charge on any atom is 0.151 e. The lowest BCUT2D eigenvalue weighted by molar-refractivity contribution is 0.475. The summed E-state index contributed by atoms with van der Waals surface area (Å²) in [6.07, 6.45) is 13.5. The first-order chi connectivity index (χ1) is 23.0. The smallest absolute Gasteiger partial charge is 0.151 e. The van der Waals surface area contributed by atoms with E-state index in [1.54, 1.807) is 0 Å². The zero-order chi connectivity index (χ0) is 31.5. The first-order valence-electron chi connectivity index (χ1n) is 16.9. The van der Waals surface area contributed by atoms with Crippen LogP contribution in [0.4, 0.5) is 22.7 Å². The van der Waals surface area contributed by atoms with Gasteiger partial charge in [0.1, 0.15) is 0 Å². The Morgan fingerprint density at radius 3 is 2.06 bits per heavy atom. The van der Waals surface area contributed by atoms with E-state index in [0.717, 1.165) is 48.7 Å². The molecule has 0 atom stereocenters. The highest BCUT2D eigenvalue weighted by Gasteiger charge is 2.36. The molecule has 0 spiro atoms. The third-order valence-corrected chi connectivity index (χ3v) is 10.5. The van der Waals surface area contributed by atoms with Gasteiger partial charge in [0.05, 0.1) is 11.4 Å². The lowest BCUT2D eigenvalue weighted by atomic mass is 9.81. The third kappa shape index (κ3) is 4.64. The van der Waals surface area contributed by atoms with Crippen molar-refractivity contribution in [2.24, 2.45) is 0 Å². The van der Waals surface area contributed by atoms with Crippen molar-refractivity contribution in [3.8, 4) is 22.6 Å². The Hall–Kier alpha value is -5.28. The van der Waals surface area contributed by atoms with Gasteiger partial charge in [0.25, 0.3) is 0 Å². The topological polar surface area (TPSA) is 15.7 Å². The summed E-state index contributed by atoms with van der Waals surface area (Å²) in [5.41, 5.74) is 15.7. The minimum Gasteiger partial charge on any atom is -0.453 e. The number of fused-ring (bicyclic) bond motifs is 6. The Morgan fingerprint density at radius 2 is 1.32 bits per heavy atom. The maximum atomic E-state index is 6.22. The highest BCUT2D eigenvalue weighted by Crippen LogP contribution is 2.51. The maximum absolute atomic E-state index is 6.22. The molecule has 5 aromatic carbocycles. The zero-order valence-electron chi connectivity index (χ0n) is 27.0. The highest BCUT2D eigenvalue weighted by molar-refractivity contribution is 5.85. The van der Waals surface area contributed by atoms with Crippen LogP contribution < -0.4 is 14.5 Å². The number of anilines is 4. The van der Waals surface area contributed by atoms with E-state index >= 15 is 0 Å². The SMILES string of the molecule is CC1(C)c2cc(/C=C/C3=CC=C(N4c5ccccc5Oc5ccccc54)CC3)ccc2-c2ccc(N3CCCc4ccccc43)cc21. The normalized spacial score (nSPS) is 17.1. The third-order valence-electron chi connectivity index (χ3n) is 10.5. The molecular weight excluding hydrogens is 572 g/mol. The molecule has 0 saturated carbocycles. The van der Waals surface area contributed by atoms with Crippen molar-refractivity contribution in [1.29, 1.82) is 0 Å². The van der Waals surface area contributed by atoms with Crippen LogP contribution in [0.2, 0.25) is 0 Å². The molecule has 0 N–H and O–H groups in total. The molecule has 2 aliphatic heterocycles. The Bertz CT molecular complexity index is 2100. The Kier molecular flexibility index (Phi) is 6.50. The molecule has 0 bridgehead atoms. The van der Waals surface area contributed by atoms with Crippen LogP contribution in [0.15, 0.2) is 139 Å². The van der Waals surface area contributed by atoms with Gasteiger partial charge in [0.15, 0.2) is 11.5 Å². The van der Waals surface area contributed by atoms with Crippen LogP contribution in [0.3, 0.4) is 0 Å². The van der Waals surface area contributed by atoms with E-state index in [1.165, 1.54) is 62.4 Å². The van der Waals surface area contributed by atoms with Gasteiger partial charge in [-0.05, 0) is 113 Å². The van der Waals surface area contributed by atoms with Crippen LogP contribution in [-0.4, -0.2) is 6.54 Å². The molecule has 5 aromatic rings. The first kappa shape index (κ1) is 28.0. The van der Waals surface area contributed by atoms with E-state index in [1.807, 2.05) is 12.1 Å². The van der Waals surface area contributed by atoms with Gasteiger partial charge in [-0.2, -0.15) is 0 Å². The molecule has 0 unspecified atom stereocenters. The van der Waals surface area contributed by atoms with Gasteiger partial charge in [-0.25, -0.2) is 0 Å². The summed E-state index contributed by atoms with van der Waals surface area (Å²) >= 11 is 0. The van der Waals surface area contributed by atoms with E-state index in [4.69, 9.17) is 4.74 Å². The summed E-state index contributed by atoms with van der Waals surface area (Å²) in [7, 11) is 0. The van der Waals surface area contributed by atoms with Crippen LogP contribution in [0, 0.1) is 0 Å². The van der Waals surface area contributed by atoms with Gasteiger partial charge in [-0.3, -0.25) is 0 Å². The van der Waals surface area contributed by atoms with Gasteiger partial charge in [0, 0.05) is 29.0 Å². The van der Waals surface area contributed by atoms with Crippen molar-refractivity contribution in [2.75, 3.05) is 16.3 Å². The van der Waals surface area contributed by atoms with Crippen molar-refractivity contribution >= 4 is 28.8 Å². The number of rotatable bonds is 4. The Morgan fingerprint density at radius 1 is 0.638 bits per heavy atom. The number of hydrogen-bond acceptors (Lipinski definition) is 3. The first-order valence-corrected chi connectivity index (χ1v) is 16.9. The molecule has 0 fully saturated rings. The monoisotopic (exact) mass is 610 g/mol. The van der Waals surface area contributed by atoms with E-state index in [-0.39, 0.29) is 5.41 Å². The van der Waals surface area contributed by atoms with E-state index < -0.39 is 0 Å². The molecule has 4 aliphatic rings. The lowest BCUT2D eigenvalue weighted by Gasteiger charge is -2.35. The van der Waals surface area contributed by atoms with Gasteiger partial charge < -0.3 is 14.5 Å². The number of para-hydroxylation sites is 5. The van der Waals surface area contributed by atoms with Gasteiger partial charge in [-0.15, -0.1) is 0 Å². The fourth-order valence-electron chi connectivity index (χ4n) is 8.00. The predicted molar refractivity (Wildman–Crippen MR) is 195 cm³/mol. The zero-order valence-corrected chi connectivity index (χ0v) is 27.0. The minimum atomic E-state index is -0.0632. The van der Waals surface area contributed by atoms with Crippen molar-refractivity contribution in [1.82, 2.24) is 0 Å². The molecule has 0 saturated heterocycles. The fraction of sp³-hybridized carbons (Fsp3) is 0.182. The van der Waals surface area contributed by atoms with Crippen molar-refractivity contribution in [2.45, 2.75) is 44.9 Å². The molecule has 0 aromatic heterocycles. The molecule has 0 radical (unpaired) electrons. The van der Waals surface area contributed by atoms with Crippen molar-refractivity contribution in [3.63, 3.8) is 0 Å². The fourth-order valence-corrected chi connectivity index (χ4v) is 8.00. The second kappa shape index (κ2) is 10.9. The number of nitrogens with zero attached hydrogens (tertiary/aromatic N) is 2. The largest absolute Gasteiger partial charge is 0.453 e. The Balaban J connectivity index is 0.981. The lowest BCUT2D eigenvalue weighted by Crippen LogP contribution is -2.25. The van der Waals surface area contributed by atoms with Crippen LogP contribution >= 0.6 is 0 Å². The Labute approximate surface area is 277 Å². The average Bonchev–Trinajstić information content (AvgIpc) is 3.34. The van der Waals surface area contributed by atoms with Crippen LogP contribution in [0.25, 0.3) is 17.2 Å². The molecule has 0 amide bonds. The molecule has 230 valence electrons. The molecule has 2 aliphatic carbocycles. The summed E-state index contributed by atoms with van der Waals surface area (Å²) < 4.78 is 6.22. The van der Waals surface area contributed by atoms with Gasteiger partial charge >= 0.3 is 0 Å². The minimum absolute atomic E-state index is 0.0632. The van der Waals surface area contributed by atoms with E-state index in [9.17, 15) is 0 Å². The number of benzene rings is 5. The molecule has 9 rings (SSSR count). The number of allylic oxidation sites excluding steroid dienone is 5. The number of ether oxygens (including phenoxy) is 1. The van der Waals surface area contributed by atoms with Crippen molar-refractivity contribution in [3.05, 3.63) is 161 Å². The van der Waals surface area contributed by atoms with Gasteiger partial charge in [-0.1, -0.05) is 98.8 Å². The van der Waals surface area contributed by atoms with Gasteiger partial charge in [0.2, 0.25) is 0 Å². The predicted octanol–water partition coefficient (Wildman–Crippen LogP) is 11.6. The van der Waals surface area contributed by atoms with Crippen LogP contribution in [0.1, 0.15) is 55.4 Å². The van der Waals surface area contributed by atoms with E-state index in [0.29, 0.717) is 0 Å². The standard InChI is InChI=1S/C44H38N2O/c1-44(2)37-28-31(21-25-35(37)36-26-24-34(29-38(36)44)45-27-9-11-32-10-3-4-12-39(32)45)18-17-30-19-22-33(23-20-30)46-40-13-5-7-15-42(40)47-43-16-8-6-14-41(43)46/h3-8,10,12-19,21-22,24-26,28-29H,9,11,20,23,27H2,1-2H3/b18-17+. The van der Waals surface area contributed by atoms with Crippen molar-refractivity contribution < 1.29 is 4.74 Å². The second-order valence-electron chi connectivity index (χ2n) is 13.6. The molecule has 3 heteroatoms. The summed E-state index contributed by atoms with van der Waals surface area (Å²) in [6.45, 7) is 5.84. The number of hydrogen-bond donors (Lipinski definition) is 0. The molecule has 3 nitrogen and oxygen atoms in total. The van der Waals surface area contributed by atoms with E-state index in [2.05, 4.69) is 145 Å². The molecule has 2 heterocycles. The van der Waals surface area contributed by atoms with Crippen LogP contribution in [0.5, 0.6) is 11.5 Å². The second-order valence-corrected chi connectivity index (χ2v) is 13.6. The summed E-state index contributed by atoms with van der Waals surface area (Å²) in [5, 5.41) is 0. The molecule has 47 heavy (non-hydrogen) atoms. The highest BCUT2D eigenvalue weighted by atomic mass is 16.5.